The van der Waals surface area contributed by atoms with E-state index in [9.17, 15) is 0 Å². The number of rotatable bonds is 7. The molecule has 262 valence electrons. The van der Waals surface area contributed by atoms with Gasteiger partial charge in [0.1, 0.15) is 0 Å². The Balaban J connectivity index is 0.990. The molecule has 10 rings (SSSR count). The van der Waals surface area contributed by atoms with E-state index >= 15 is 0 Å². The Hall–Kier alpha value is -7.56. The molecule has 4 nitrogen and oxygen atoms in total. The molecule has 0 amide bonds. The van der Waals surface area contributed by atoms with Gasteiger partial charge in [-0.1, -0.05) is 194 Å². The van der Waals surface area contributed by atoms with E-state index in [0.717, 1.165) is 66.7 Å². The summed E-state index contributed by atoms with van der Waals surface area (Å²) in [5.74, 6) is 1.91. The molecule has 10 aromatic rings. The number of fused-ring (bicyclic) bond motifs is 3. The van der Waals surface area contributed by atoms with Gasteiger partial charge in [-0.05, 0) is 50.9 Å². The van der Waals surface area contributed by atoms with Crippen LogP contribution in [0.25, 0.3) is 100 Å². The van der Waals surface area contributed by atoms with E-state index in [1.807, 2.05) is 42.5 Å². The minimum atomic E-state index is 0.632. The van der Waals surface area contributed by atoms with Crippen LogP contribution in [-0.2, 0) is 0 Å². The van der Waals surface area contributed by atoms with Crippen LogP contribution < -0.4 is 0 Å². The van der Waals surface area contributed by atoms with Crippen LogP contribution in [0, 0.1) is 0 Å². The number of nitrogens with zero attached hydrogens (tertiary/aromatic N) is 4. The average molecular weight is 715 g/mol. The van der Waals surface area contributed by atoms with Crippen molar-refractivity contribution in [3.8, 4) is 78.8 Å². The first-order valence-corrected chi connectivity index (χ1v) is 18.8. The van der Waals surface area contributed by atoms with Gasteiger partial charge in [0, 0.05) is 33.0 Å². The third-order valence-corrected chi connectivity index (χ3v) is 10.3. The Labute approximate surface area is 325 Å². The highest BCUT2D eigenvalue weighted by Gasteiger charge is 2.16. The zero-order chi connectivity index (χ0) is 37.3. The summed E-state index contributed by atoms with van der Waals surface area (Å²) in [5, 5.41) is 3.52. The highest BCUT2D eigenvalue weighted by molar-refractivity contribution is 6.16. The van der Waals surface area contributed by atoms with E-state index < -0.39 is 0 Å². The Morgan fingerprint density at radius 1 is 0.250 bits per heavy atom. The van der Waals surface area contributed by atoms with E-state index in [4.69, 9.17) is 19.9 Å². The summed E-state index contributed by atoms with van der Waals surface area (Å²) in [6, 6.07) is 71.7. The monoisotopic (exact) mass is 714 g/mol. The van der Waals surface area contributed by atoms with E-state index in [1.165, 1.54) is 16.3 Å². The molecule has 0 bridgehead atoms. The molecule has 56 heavy (non-hydrogen) atoms. The molecule has 0 aliphatic rings. The topological polar surface area (TPSA) is 51.6 Å². The quantitative estimate of drug-likeness (QED) is 0.154. The molecule has 0 spiro atoms. The third kappa shape index (κ3) is 6.29. The lowest BCUT2D eigenvalue weighted by Gasteiger charge is -2.14. The van der Waals surface area contributed by atoms with Gasteiger partial charge in [-0.2, -0.15) is 0 Å². The zero-order valence-electron chi connectivity index (χ0n) is 30.4. The summed E-state index contributed by atoms with van der Waals surface area (Å²) < 4.78 is 0. The van der Waals surface area contributed by atoms with Crippen molar-refractivity contribution >= 4 is 21.7 Å². The molecular weight excluding hydrogens is 681 g/mol. The number of aromatic nitrogens is 4. The Kier molecular flexibility index (Phi) is 8.47. The van der Waals surface area contributed by atoms with E-state index in [-0.39, 0.29) is 0 Å². The summed E-state index contributed by atoms with van der Waals surface area (Å²) in [6.07, 6.45) is 0. The van der Waals surface area contributed by atoms with Crippen LogP contribution >= 0.6 is 0 Å². The van der Waals surface area contributed by atoms with Crippen LogP contribution in [0.2, 0.25) is 0 Å². The fraction of sp³-hybridized carbons (Fsp3) is 0. The molecule has 8 aromatic carbocycles. The molecule has 0 aliphatic carbocycles. The Bertz CT molecular complexity index is 2980. The van der Waals surface area contributed by atoms with E-state index in [0.29, 0.717) is 17.5 Å². The summed E-state index contributed by atoms with van der Waals surface area (Å²) in [6.45, 7) is 0. The summed E-state index contributed by atoms with van der Waals surface area (Å²) in [7, 11) is 0. The van der Waals surface area contributed by atoms with Crippen molar-refractivity contribution in [1.82, 2.24) is 19.9 Å². The highest BCUT2D eigenvalue weighted by Crippen LogP contribution is 2.38. The van der Waals surface area contributed by atoms with Gasteiger partial charge in [-0.25, -0.2) is 19.9 Å². The van der Waals surface area contributed by atoms with Crippen LogP contribution in [-0.4, -0.2) is 19.9 Å². The predicted octanol–water partition coefficient (Wildman–Crippen LogP) is 13.2. The maximum Gasteiger partial charge on any atom is 0.164 e. The second-order valence-corrected chi connectivity index (χ2v) is 13.8. The zero-order valence-corrected chi connectivity index (χ0v) is 30.4. The SMILES string of the molecule is c1ccc(-c2cccc(-c3nc(-c4ccccc4)nc(-c4ccc(-c5ccc(-c6cccc7nc(-c8ccccc8)c8ccccc8c67)cc5)cc4)n3)c2)cc1. The molecule has 0 aliphatic heterocycles. The van der Waals surface area contributed by atoms with Crippen molar-refractivity contribution in [2.75, 3.05) is 0 Å². The fourth-order valence-corrected chi connectivity index (χ4v) is 7.53. The third-order valence-electron chi connectivity index (χ3n) is 10.3. The van der Waals surface area contributed by atoms with Gasteiger partial charge in [0.2, 0.25) is 0 Å². The van der Waals surface area contributed by atoms with Crippen molar-refractivity contribution in [3.05, 3.63) is 206 Å². The van der Waals surface area contributed by atoms with Gasteiger partial charge >= 0.3 is 0 Å². The smallest absolute Gasteiger partial charge is 0.164 e. The van der Waals surface area contributed by atoms with Crippen LogP contribution in [0.5, 0.6) is 0 Å². The molecule has 2 heterocycles. The van der Waals surface area contributed by atoms with Crippen LogP contribution in [0.3, 0.4) is 0 Å². The molecule has 0 saturated heterocycles. The first-order chi connectivity index (χ1) is 27.7. The van der Waals surface area contributed by atoms with Crippen LogP contribution in [0.4, 0.5) is 0 Å². The van der Waals surface area contributed by atoms with Gasteiger partial charge in [-0.15, -0.1) is 0 Å². The summed E-state index contributed by atoms with van der Waals surface area (Å²) in [4.78, 5) is 20.2. The minimum Gasteiger partial charge on any atom is -0.247 e. The summed E-state index contributed by atoms with van der Waals surface area (Å²) >= 11 is 0. The highest BCUT2D eigenvalue weighted by atomic mass is 15.0. The molecule has 0 N–H and O–H groups in total. The largest absolute Gasteiger partial charge is 0.247 e. The fourth-order valence-electron chi connectivity index (χ4n) is 7.53. The molecule has 2 aromatic heterocycles. The van der Waals surface area contributed by atoms with Crippen molar-refractivity contribution in [2.45, 2.75) is 0 Å². The lowest BCUT2D eigenvalue weighted by atomic mass is 9.93. The second-order valence-electron chi connectivity index (χ2n) is 13.8. The predicted molar refractivity (Wildman–Crippen MR) is 231 cm³/mol. The standard InChI is InChI=1S/C52H34N4/c1-4-14-35(15-5-1)42-20-12-21-43(34-42)52-55-50(40-18-8-3-9-19-40)54-51(56-52)41-32-28-37(29-33-41)36-26-30-38(31-27-36)44-24-13-25-47-48(44)45-22-10-11-23-46(45)49(53-47)39-16-6-2-7-17-39/h1-34H. The second kappa shape index (κ2) is 14.3. The lowest BCUT2D eigenvalue weighted by Crippen LogP contribution is -2.00. The van der Waals surface area contributed by atoms with Gasteiger partial charge in [0.25, 0.3) is 0 Å². The van der Waals surface area contributed by atoms with Crippen molar-refractivity contribution in [1.29, 1.82) is 0 Å². The van der Waals surface area contributed by atoms with Crippen molar-refractivity contribution < 1.29 is 0 Å². The molecule has 0 unspecified atom stereocenters. The first-order valence-electron chi connectivity index (χ1n) is 18.8. The number of hydrogen-bond donors (Lipinski definition) is 0. The van der Waals surface area contributed by atoms with E-state index in [2.05, 4.69) is 164 Å². The molecule has 0 radical (unpaired) electrons. The first kappa shape index (κ1) is 33.0. The van der Waals surface area contributed by atoms with Crippen LogP contribution in [0.1, 0.15) is 0 Å². The lowest BCUT2D eigenvalue weighted by molar-refractivity contribution is 1.07. The number of benzene rings is 8. The van der Waals surface area contributed by atoms with Crippen molar-refractivity contribution in [3.63, 3.8) is 0 Å². The van der Waals surface area contributed by atoms with Crippen LogP contribution in [0.15, 0.2) is 206 Å². The normalized spacial score (nSPS) is 11.2. The summed E-state index contributed by atoms with van der Waals surface area (Å²) in [5.41, 5.74) is 12.8. The molecule has 0 atom stereocenters. The number of hydrogen-bond acceptors (Lipinski definition) is 4. The molecule has 4 heteroatoms. The van der Waals surface area contributed by atoms with Gasteiger partial charge in [-0.3, -0.25) is 0 Å². The Morgan fingerprint density at radius 2 is 0.679 bits per heavy atom. The average Bonchev–Trinajstić information content (AvgIpc) is 3.29. The van der Waals surface area contributed by atoms with Gasteiger partial charge in [0.05, 0.1) is 11.2 Å². The van der Waals surface area contributed by atoms with Gasteiger partial charge < -0.3 is 0 Å². The minimum absolute atomic E-state index is 0.632. The molecular formula is C52H34N4. The van der Waals surface area contributed by atoms with Crippen molar-refractivity contribution in [2.24, 2.45) is 0 Å². The maximum absolute atomic E-state index is 5.21. The maximum atomic E-state index is 5.21. The number of pyridine rings is 1. The Morgan fingerprint density at radius 3 is 1.32 bits per heavy atom. The molecule has 0 fully saturated rings. The van der Waals surface area contributed by atoms with Gasteiger partial charge in [0.15, 0.2) is 17.5 Å². The van der Waals surface area contributed by atoms with E-state index in [1.54, 1.807) is 0 Å². The molecule has 0 saturated carbocycles.